The molecule has 0 aliphatic heterocycles. The van der Waals surface area contributed by atoms with Crippen LogP contribution in [0.4, 0.5) is 21.3 Å². The summed E-state index contributed by atoms with van der Waals surface area (Å²) in [5, 5.41) is 24.7. The van der Waals surface area contributed by atoms with Crippen LogP contribution in [0, 0.1) is 10.1 Å². The maximum Gasteiger partial charge on any atom is 0.325 e. The van der Waals surface area contributed by atoms with Gasteiger partial charge < -0.3 is 10.1 Å². The number of anilines is 2. The summed E-state index contributed by atoms with van der Waals surface area (Å²) in [7, 11) is 1.51. The molecule has 0 radical (unpaired) electrons. The van der Waals surface area contributed by atoms with Crippen LogP contribution in [0.25, 0.3) is 10.6 Å². The van der Waals surface area contributed by atoms with Gasteiger partial charge in [0, 0.05) is 17.7 Å². The Morgan fingerprint density at radius 1 is 1.12 bits per heavy atom. The molecule has 0 aliphatic carbocycles. The van der Waals surface area contributed by atoms with Crippen LogP contribution in [0.3, 0.4) is 0 Å². The first-order valence-corrected chi connectivity index (χ1v) is 8.18. The number of urea groups is 1. The summed E-state index contributed by atoms with van der Waals surface area (Å²) in [4.78, 5) is 22.3. The Balaban J connectivity index is 1.68. The number of hydrogen-bond acceptors (Lipinski definition) is 7. The molecule has 132 valence electrons. The second-order valence-electron chi connectivity index (χ2n) is 5.00. The molecule has 2 aromatic carbocycles. The lowest BCUT2D eigenvalue weighted by Gasteiger charge is -2.09. The van der Waals surface area contributed by atoms with Crippen molar-refractivity contribution in [3.8, 4) is 16.3 Å². The molecule has 3 aromatic rings. The molecule has 2 amide bonds. The van der Waals surface area contributed by atoms with E-state index in [4.69, 9.17) is 4.74 Å². The molecule has 0 spiro atoms. The lowest BCUT2D eigenvalue weighted by molar-refractivity contribution is -0.384. The predicted octanol–water partition coefficient (Wildman–Crippen LogP) is 3.77. The van der Waals surface area contributed by atoms with Crippen molar-refractivity contribution in [2.75, 3.05) is 17.7 Å². The molecule has 0 aliphatic rings. The van der Waals surface area contributed by atoms with Crippen LogP contribution in [0.2, 0.25) is 0 Å². The third-order valence-electron chi connectivity index (χ3n) is 3.33. The number of hydrogen-bond donors (Lipinski definition) is 2. The van der Waals surface area contributed by atoms with Crippen LogP contribution < -0.4 is 15.4 Å². The quantitative estimate of drug-likeness (QED) is 0.520. The van der Waals surface area contributed by atoms with Crippen LogP contribution >= 0.6 is 11.3 Å². The molecule has 10 heteroatoms. The highest BCUT2D eigenvalue weighted by Gasteiger charge is 2.12. The Hall–Kier alpha value is -3.53. The number of carbonyl (C=O) groups is 1. The van der Waals surface area contributed by atoms with Gasteiger partial charge in [0.15, 0.2) is 0 Å². The molecular weight excluding hydrogens is 358 g/mol. The number of aromatic nitrogens is 2. The average Bonchev–Trinajstić information content (AvgIpc) is 3.10. The summed E-state index contributed by atoms with van der Waals surface area (Å²) in [5.41, 5.74) is 1.19. The Bertz CT molecular complexity index is 942. The number of non-ortho nitro benzene ring substituents is 1. The van der Waals surface area contributed by atoms with Gasteiger partial charge in [-0.2, -0.15) is 0 Å². The highest BCUT2D eigenvalue weighted by atomic mass is 32.1. The number of nitro groups is 1. The van der Waals surface area contributed by atoms with Gasteiger partial charge in [0.2, 0.25) is 5.13 Å². The number of nitrogens with zero attached hydrogens (tertiary/aromatic N) is 3. The normalized spacial score (nSPS) is 10.2. The third kappa shape index (κ3) is 3.92. The molecule has 2 N–H and O–H groups in total. The molecule has 9 nitrogen and oxygen atoms in total. The van der Waals surface area contributed by atoms with Crippen molar-refractivity contribution < 1.29 is 14.5 Å². The molecule has 0 fully saturated rings. The standard InChI is InChI=1S/C16H13N5O4S/c1-25-13-5-3-2-4-12(13)17-15(22)18-16-20-19-14(26-16)10-6-8-11(9-7-10)21(23)24/h2-9H,1H3,(H2,17,18,20,22). The van der Waals surface area contributed by atoms with Crippen LogP contribution in [0.5, 0.6) is 5.75 Å². The van der Waals surface area contributed by atoms with Crippen LogP contribution in [-0.2, 0) is 0 Å². The molecule has 0 saturated heterocycles. The van der Waals surface area contributed by atoms with E-state index in [1.807, 2.05) is 0 Å². The van der Waals surface area contributed by atoms with Crippen molar-refractivity contribution in [3.63, 3.8) is 0 Å². The van der Waals surface area contributed by atoms with E-state index in [9.17, 15) is 14.9 Å². The summed E-state index contributed by atoms with van der Waals surface area (Å²) in [6.45, 7) is 0. The van der Waals surface area contributed by atoms with E-state index >= 15 is 0 Å². The number of amides is 2. The molecule has 1 aromatic heterocycles. The van der Waals surface area contributed by atoms with Crippen molar-refractivity contribution in [2.45, 2.75) is 0 Å². The van der Waals surface area contributed by atoms with E-state index in [1.54, 1.807) is 36.4 Å². The molecule has 0 bridgehead atoms. The maximum atomic E-state index is 12.1. The van der Waals surface area contributed by atoms with Crippen LogP contribution in [0.15, 0.2) is 48.5 Å². The van der Waals surface area contributed by atoms with Crippen LogP contribution in [-0.4, -0.2) is 28.3 Å². The van der Waals surface area contributed by atoms with Gasteiger partial charge in [0.25, 0.3) is 5.69 Å². The Kier molecular flexibility index (Phi) is 5.04. The molecule has 0 unspecified atom stereocenters. The van der Waals surface area contributed by atoms with E-state index in [0.717, 1.165) is 11.3 Å². The average molecular weight is 371 g/mol. The zero-order chi connectivity index (χ0) is 18.5. The van der Waals surface area contributed by atoms with Crippen molar-refractivity contribution in [3.05, 3.63) is 58.6 Å². The minimum Gasteiger partial charge on any atom is -0.495 e. The van der Waals surface area contributed by atoms with Gasteiger partial charge in [0.05, 0.1) is 17.7 Å². The molecule has 3 rings (SSSR count). The van der Waals surface area contributed by atoms with E-state index in [1.165, 1.54) is 19.2 Å². The summed E-state index contributed by atoms with van der Waals surface area (Å²) < 4.78 is 5.17. The fraction of sp³-hybridized carbons (Fsp3) is 0.0625. The predicted molar refractivity (Wildman–Crippen MR) is 97.6 cm³/mol. The molecular formula is C16H13N5O4S. The monoisotopic (exact) mass is 371 g/mol. The van der Waals surface area contributed by atoms with Gasteiger partial charge >= 0.3 is 6.03 Å². The van der Waals surface area contributed by atoms with E-state index in [0.29, 0.717) is 27.1 Å². The van der Waals surface area contributed by atoms with Crippen molar-refractivity contribution in [1.82, 2.24) is 10.2 Å². The van der Waals surface area contributed by atoms with Gasteiger partial charge in [-0.15, -0.1) is 10.2 Å². The summed E-state index contributed by atoms with van der Waals surface area (Å²) >= 11 is 1.15. The lowest BCUT2D eigenvalue weighted by atomic mass is 10.2. The summed E-state index contributed by atoms with van der Waals surface area (Å²) in [5.74, 6) is 0.534. The van der Waals surface area contributed by atoms with Gasteiger partial charge in [-0.3, -0.25) is 15.4 Å². The van der Waals surface area contributed by atoms with E-state index in [-0.39, 0.29) is 5.69 Å². The first-order chi connectivity index (χ1) is 12.6. The van der Waals surface area contributed by atoms with Crippen molar-refractivity contribution in [1.29, 1.82) is 0 Å². The van der Waals surface area contributed by atoms with Gasteiger partial charge in [-0.25, -0.2) is 4.79 Å². The zero-order valence-electron chi connectivity index (χ0n) is 13.5. The van der Waals surface area contributed by atoms with Gasteiger partial charge in [-0.05, 0) is 24.3 Å². The number of ether oxygens (including phenoxy) is 1. The number of para-hydroxylation sites is 2. The first kappa shape index (κ1) is 17.3. The van der Waals surface area contributed by atoms with Crippen LogP contribution in [0.1, 0.15) is 0 Å². The zero-order valence-corrected chi connectivity index (χ0v) is 14.3. The van der Waals surface area contributed by atoms with Gasteiger partial charge in [-0.1, -0.05) is 23.5 Å². The maximum absolute atomic E-state index is 12.1. The number of nitro benzene ring substituents is 1. The number of methoxy groups -OCH3 is 1. The largest absolute Gasteiger partial charge is 0.495 e. The topological polar surface area (TPSA) is 119 Å². The minimum atomic E-state index is -0.485. The summed E-state index contributed by atoms with van der Waals surface area (Å²) in [6, 6.07) is 12.5. The molecule has 0 saturated carbocycles. The van der Waals surface area contributed by atoms with E-state index in [2.05, 4.69) is 20.8 Å². The Morgan fingerprint density at radius 3 is 2.54 bits per heavy atom. The first-order valence-electron chi connectivity index (χ1n) is 7.36. The van der Waals surface area contributed by atoms with E-state index < -0.39 is 11.0 Å². The number of carbonyl (C=O) groups excluding carboxylic acids is 1. The second kappa shape index (κ2) is 7.57. The highest BCUT2D eigenvalue weighted by molar-refractivity contribution is 7.18. The fourth-order valence-corrected chi connectivity index (χ4v) is 2.86. The third-order valence-corrected chi connectivity index (χ3v) is 4.21. The Labute approximate surface area is 151 Å². The number of benzene rings is 2. The minimum absolute atomic E-state index is 0.00667. The molecule has 26 heavy (non-hydrogen) atoms. The van der Waals surface area contributed by atoms with Crippen molar-refractivity contribution >= 4 is 33.9 Å². The Morgan fingerprint density at radius 2 is 1.85 bits per heavy atom. The van der Waals surface area contributed by atoms with Crippen molar-refractivity contribution in [2.24, 2.45) is 0 Å². The highest BCUT2D eigenvalue weighted by Crippen LogP contribution is 2.28. The smallest absolute Gasteiger partial charge is 0.325 e. The molecule has 1 heterocycles. The number of nitrogens with one attached hydrogen (secondary N) is 2. The molecule has 0 atom stereocenters. The summed E-state index contributed by atoms with van der Waals surface area (Å²) in [6.07, 6.45) is 0. The fourth-order valence-electron chi connectivity index (χ4n) is 2.11. The second-order valence-corrected chi connectivity index (χ2v) is 5.97. The lowest BCUT2D eigenvalue weighted by Crippen LogP contribution is -2.19. The van der Waals surface area contributed by atoms with Gasteiger partial charge in [0.1, 0.15) is 10.8 Å². The number of rotatable bonds is 5. The SMILES string of the molecule is COc1ccccc1NC(=O)Nc1nnc(-c2ccc([N+](=O)[O-])cc2)s1.